The van der Waals surface area contributed by atoms with Crippen molar-refractivity contribution in [2.45, 2.75) is 51.4 Å². The van der Waals surface area contributed by atoms with E-state index in [9.17, 15) is 14.4 Å². The number of amides is 3. The number of primary amides is 1. The summed E-state index contributed by atoms with van der Waals surface area (Å²) in [6.07, 6.45) is -0.254. The topological polar surface area (TPSA) is 122 Å². The second-order valence-electron chi connectivity index (χ2n) is 5.91. The molecule has 21 heavy (non-hydrogen) atoms. The van der Waals surface area contributed by atoms with Gasteiger partial charge in [-0.25, -0.2) is 9.59 Å². The molecule has 0 aromatic rings. The summed E-state index contributed by atoms with van der Waals surface area (Å²) < 4.78 is 5.69. The second-order valence-corrected chi connectivity index (χ2v) is 5.91. The van der Waals surface area contributed by atoms with Crippen molar-refractivity contribution in [3.63, 3.8) is 0 Å². The summed E-state index contributed by atoms with van der Waals surface area (Å²) in [5, 5.41) is 11.5. The molecule has 0 bridgehead atoms. The number of morpholine rings is 1. The number of ether oxygens (including phenoxy) is 1. The maximum atomic E-state index is 12.2. The number of nitrogens with zero attached hydrogens (tertiary/aromatic N) is 1. The summed E-state index contributed by atoms with van der Waals surface area (Å²) in [6, 6.07) is -1.61. The van der Waals surface area contributed by atoms with Crippen LogP contribution in [0, 0.1) is 0 Å². The summed E-state index contributed by atoms with van der Waals surface area (Å²) in [5.74, 6) is -1.79. The number of nitrogens with one attached hydrogen (secondary N) is 1. The first-order valence-corrected chi connectivity index (χ1v) is 6.85. The molecule has 1 saturated heterocycles. The number of aliphatic carboxylic acids is 1. The first-order chi connectivity index (χ1) is 9.60. The van der Waals surface area contributed by atoms with E-state index in [2.05, 4.69) is 5.32 Å². The normalized spacial score (nSPS) is 22.4. The van der Waals surface area contributed by atoms with Gasteiger partial charge in [0.05, 0.1) is 18.2 Å². The molecule has 0 saturated carbocycles. The molecule has 1 aliphatic heterocycles. The van der Waals surface area contributed by atoms with Crippen LogP contribution >= 0.6 is 0 Å². The number of carboxylic acids is 1. The molecule has 2 atom stereocenters. The summed E-state index contributed by atoms with van der Waals surface area (Å²) in [4.78, 5) is 35.5. The van der Waals surface area contributed by atoms with Crippen LogP contribution < -0.4 is 11.1 Å². The highest BCUT2D eigenvalue weighted by Crippen LogP contribution is 2.20. The van der Waals surface area contributed by atoms with E-state index in [1.807, 2.05) is 20.8 Å². The Balaban J connectivity index is 2.64. The van der Waals surface area contributed by atoms with E-state index in [0.717, 1.165) is 0 Å². The van der Waals surface area contributed by atoms with Gasteiger partial charge in [0.25, 0.3) is 0 Å². The maximum absolute atomic E-state index is 12.2. The summed E-state index contributed by atoms with van der Waals surface area (Å²) in [7, 11) is 0. The van der Waals surface area contributed by atoms with Crippen LogP contribution in [0.25, 0.3) is 0 Å². The fraction of sp³-hybridized carbons (Fsp3) is 0.769. The van der Waals surface area contributed by atoms with Gasteiger partial charge in [0.15, 0.2) is 0 Å². The van der Waals surface area contributed by atoms with E-state index in [0.29, 0.717) is 13.1 Å². The Morgan fingerprint density at radius 3 is 2.57 bits per heavy atom. The third kappa shape index (κ3) is 5.58. The number of carbonyl (C=O) groups is 3. The molecule has 1 rings (SSSR count). The van der Waals surface area contributed by atoms with Crippen molar-refractivity contribution in [2.24, 2.45) is 5.73 Å². The van der Waals surface area contributed by atoms with Gasteiger partial charge in [-0.05, 0) is 27.2 Å². The third-order valence-corrected chi connectivity index (χ3v) is 3.13. The molecular formula is C13H23N3O5. The van der Waals surface area contributed by atoms with Crippen molar-refractivity contribution < 1.29 is 24.2 Å². The SMILES string of the molecule is CC1CN(C(=O)N[C@@H](CCC(N)=O)C(=O)O)CC(C)(C)O1. The molecule has 8 nitrogen and oxygen atoms in total. The van der Waals surface area contributed by atoms with E-state index in [1.165, 1.54) is 4.90 Å². The monoisotopic (exact) mass is 301 g/mol. The van der Waals surface area contributed by atoms with Crippen LogP contribution in [0.4, 0.5) is 4.79 Å². The summed E-state index contributed by atoms with van der Waals surface area (Å²) in [6.45, 7) is 6.33. The first-order valence-electron chi connectivity index (χ1n) is 6.85. The van der Waals surface area contributed by atoms with E-state index < -0.39 is 29.6 Å². The summed E-state index contributed by atoms with van der Waals surface area (Å²) >= 11 is 0. The number of nitrogens with two attached hydrogens (primary N) is 1. The molecule has 0 radical (unpaired) electrons. The van der Waals surface area contributed by atoms with Crippen LogP contribution in [0.3, 0.4) is 0 Å². The fourth-order valence-electron chi connectivity index (χ4n) is 2.39. The van der Waals surface area contributed by atoms with E-state index >= 15 is 0 Å². The Kier molecular flexibility index (Phi) is 5.54. The zero-order valence-electron chi connectivity index (χ0n) is 12.6. The molecule has 1 fully saturated rings. The standard InChI is InChI=1S/C13H23N3O5/c1-8-6-16(7-13(2,3)21-8)12(20)15-9(11(18)19)4-5-10(14)17/h8-9H,4-7H2,1-3H3,(H2,14,17)(H,15,20)(H,18,19)/t8?,9-/m0/s1. The molecule has 0 aromatic carbocycles. The van der Waals surface area contributed by atoms with Gasteiger partial charge < -0.3 is 25.8 Å². The lowest BCUT2D eigenvalue weighted by Crippen LogP contribution is -2.58. The zero-order valence-corrected chi connectivity index (χ0v) is 12.6. The molecule has 4 N–H and O–H groups in total. The minimum atomic E-state index is -1.19. The van der Waals surface area contributed by atoms with Crippen LogP contribution in [-0.4, -0.2) is 58.8 Å². The van der Waals surface area contributed by atoms with E-state index in [1.54, 1.807) is 0 Å². The van der Waals surface area contributed by atoms with Crippen molar-refractivity contribution in [2.75, 3.05) is 13.1 Å². The van der Waals surface area contributed by atoms with Gasteiger partial charge in [-0.15, -0.1) is 0 Å². The highest BCUT2D eigenvalue weighted by molar-refractivity contribution is 5.83. The predicted molar refractivity (Wildman–Crippen MR) is 74.6 cm³/mol. The molecule has 1 heterocycles. The van der Waals surface area contributed by atoms with Crippen molar-refractivity contribution in [3.05, 3.63) is 0 Å². The minimum Gasteiger partial charge on any atom is -0.480 e. The predicted octanol–water partition coefficient (Wildman–Crippen LogP) is -0.0860. The van der Waals surface area contributed by atoms with Gasteiger partial charge in [0.1, 0.15) is 6.04 Å². The zero-order chi connectivity index (χ0) is 16.2. The molecule has 1 aliphatic rings. The Bertz CT molecular complexity index is 424. The number of rotatable bonds is 5. The van der Waals surface area contributed by atoms with Crippen molar-refractivity contribution in [1.29, 1.82) is 0 Å². The van der Waals surface area contributed by atoms with Gasteiger partial charge in [-0.2, -0.15) is 0 Å². The van der Waals surface area contributed by atoms with Gasteiger partial charge in [-0.3, -0.25) is 4.79 Å². The molecule has 0 aromatic heterocycles. The van der Waals surface area contributed by atoms with Crippen LogP contribution in [0.1, 0.15) is 33.6 Å². The molecule has 3 amide bonds. The average molecular weight is 301 g/mol. The van der Waals surface area contributed by atoms with Crippen LogP contribution in [0.5, 0.6) is 0 Å². The van der Waals surface area contributed by atoms with Crippen molar-refractivity contribution >= 4 is 17.9 Å². The lowest BCUT2D eigenvalue weighted by atomic mass is 10.1. The maximum Gasteiger partial charge on any atom is 0.326 e. The number of hydrogen-bond donors (Lipinski definition) is 3. The quantitative estimate of drug-likeness (QED) is 0.655. The number of carboxylic acid groups (broad SMARTS) is 1. The Morgan fingerprint density at radius 1 is 1.48 bits per heavy atom. The molecular weight excluding hydrogens is 278 g/mol. The van der Waals surface area contributed by atoms with Crippen LogP contribution in [0.2, 0.25) is 0 Å². The fourth-order valence-corrected chi connectivity index (χ4v) is 2.39. The molecule has 8 heteroatoms. The van der Waals surface area contributed by atoms with Crippen molar-refractivity contribution in [1.82, 2.24) is 10.2 Å². The number of carbonyl (C=O) groups excluding carboxylic acids is 2. The summed E-state index contributed by atoms with van der Waals surface area (Å²) in [5.41, 5.74) is 4.51. The Labute approximate surface area is 123 Å². The smallest absolute Gasteiger partial charge is 0.326 e. The second kappa shape index (κ2) is 6.75. The first kappa shape index (κ1) is 17.2. The van der Waals surface area contributed by atoms with Crippen LogP contribution in [-0.2, 0) is 14.3 Å². The highest BCUT2D eigenvalue weighted by atomic mass is 16.5. The van der Waals surface area contributed by atoms with Gasteiger partial charge in [0, 0.05) is 13.0 Å². The van der Waals surface area contributed by atoms with E-state index in [4.69, 9.17) is 15.6 Å². The number of hydrogen-bond acceptors (Lipinski definition) is 4. The Hall–Kier alpha value is -1.83. The van der Waals surface area contributed by atoms with Gasteiger partial charge >= 0.3 is 12.0 Å². The minimum absolute atomic E-state index is 0.0281. The molecule has 0 spiro atoms. The largest absolute Gasteiger partial charge is 0.480 e. The third-order valence-electron chi connectivity index (χ3n) is 3.13. The molecule has 120 valence electrons. The Morgan fingerprint density at radius 2 is 2.10 bits per heavy atom. The van der Waals surface area contributed by atoms with Gasteiger partial charge in [-0.1, -0.05) is 0 Å². The lowest BCUT2D eigenvalue weighted by molar-refractivity contribution is -0.139. The molecule has 1 unspecified atom stereocenters. The van der Waals surface area contributed by atoms with E-state index in [-0.39, 0.29) is 18.9 Å². The molecule has 0 aliphatic carbocycles. The average Bonchev–Trinajstić information content (AvgIpc) is 2.30. The highest BCUT2D eigenvalue weighted by Gasteiger charge is 2.34. The lowest BCUT2D eigenvalue weighted by Gasteiger charge is -2.41. The van der Waals surface area contributed by atoms with Crippen molar-refractivity contribution in [3.8, 4) is 0 Å². The van der Waals surface area contributed by atoms with Crippen LogP contribution in [0.15, 0.2) is 0 Å². The van der Waals surface area contributed by atoms with Gasteiger partial charge in [0.2, 0.25) is 5.91 Å². The number of urea groups is 1.